The van der Waals surface area contributed by atoms with Crippen molar-refractivity contribution in [1.29, 1.82) is 0 Å². The highest BCUT2D eigenvalue weighted by atomic mass is 32.1. The summed E-state index contributed by atoms with van der Waals surface area (Å²) in [5, 5.41) is 0. The van der Waals surface area contributed by atoms with Gasteiger partial charge < -0.3 is 5.73 Å². The van der Waals surface area contributed by atoms with Gasteiger partial charge in [0.05, 0.1) is 4.99 Å². The molecule has 2 rings (SSSR count). The Labute approximate surface area is 89.7 Å². The van der Waals surface area contributed by atoms with Crippen molar-refractivity contribution >= 4 is 17.2 Å². The van der Waals surface area contributed by atoms with Crippen LogP contribution in [0.1, 0.15) is 11.1 Å². The third-order valence-corrected chi connectivity index (χ3v) is 2.72. The number of thiocarbonyl (C=S) groups is 1. The zero-order valence-electron chi connectivity index (χ0n) is 8.07. The summed E-state index contributed by atoms with van der Waals surface area (Å²) in [7, 11) is 0. The second kappa shape index (κ2) is 4.07. The molecule has 1 heterocycles. The largest absolute Gasteiger partial charge is 0.392 e. The van der Waals surface area contributed by atoms with E-state index in [-0.39, 0.29) is 0 Å². The summed E-state index contributed by atoms with van der Waals surface area (Å²) in [5.74, 6) is 0. The maximum Gasteiger partial charge on any atom is 0.0870 e. The lowest BCUT2D eigenvalue weighted by Gasteiger charge is -2.28. The van der Waals surface area contributed by atoms with Gasteiger partial charge in [-0.25, -0.2) is 0 Å². The molecule has 1 aromatic carbocycles. The molecular formula is C11H14N2S. The lowest BCUT2D eigenvalue weighted by molar-refractivity contribution is 0.291. The van der Waals surface area contributed by atoms with Gasteiger partial charge in [-0.05, 0) is 17.5 Å². The minimum Gasteiger partial charge on any atom is -0.392 e. The van der Waals surface area contributed by atoms with E-state index in [4.69, 9.17) is 18.0 Å². The van der Waals surface area contributed by atoms with E-state index in [2.05, 4.69) is 29.2 Å². The Kier molecular flexibility index (Phi) is 2.79. The topological polar surface area (TPSA) is 29.3 Å². The summed E-state index contributed by atoms with van der Waals surface area (Å²) >= 11 is 4.91. The molecule has 0 bridgehead atoms. The quantitative estimate of drug-likeness (QED) is 0.740. The first-order valence-corrected chi connectivity index (χ1v) is 5.24. The van der Waals surface area contributed by atoms with E-state index < -0.39 is 0 Å². The second-order valence-electron chi connectivity index (χ2n) is 3.70. The number of hydrogen-bond donors (Lipinski definition) is 1. The highest BCUT2D eigenvalue weighted by Gasteiger charge is 2.15. The standard InChI is InChI=1S/C11H14N2S/c12-11(14)8-13-6-5-9-3-1-2-4-10(9)7-13/h1-4H,5-8H2,(H2,12,14). The van der Waals surface area contributed by atoms with Crippen LogP contribution in [0.5, 0.6) is 0 Å². The van der Waals surface area contributed by atoms with Crippen LogP contribution in [0.2, 0.25) is 0 Å². The van der Waals surface area contributed by atoms with Crippen LogP contribution in [0.3, 0.4) is 0 Å². The van der Waals surface area contributed by atoms with Gasteiger partial charge in [0.15, 0.2) is 0 Å². The van der Waals surface area contributed by atoms with E-state index in [9.17, 15) is 0 Å². The van der Waals surface area contributed by atoms with E-state index in [0.29, 0.717) is 4.99 Å². The molecule has 0 fully saturated rings. The fraction of sp³-hybridized carbons (Fsp3) is 0.364. The normalized spacial score (nSPS) is 16.3. The summed E-state index contributed by atoms with van der Waals surface area (Å²) in [6, 6.07) is 8.57. The van der Waals surface area contributed by atoms with Gasteiger partial charge in [-0.1, -0.05) is 36.5 Å². The van der Waals surface area contributed by atoms with Gasteiger partial charge in [0, 0.05) is 19.6 Å². The van der Waals surface area contributed by atoms with Crippen LogP contribution in [0.4, 0.5) is 0 Å². The Morgan fingerprint density at radius 1 is 1.36 bits per heavy atom. The molecule has 14 heavy (non-hydrogen) atoms. The third kappa shape index (κ3) is 2.11. The van der Waals surface area contributed by atoms with Crippen LogP contribution in [0.15, 0.2) is 24.3 Å². The first-order chi connectivity index (χ1) is 6.75. The zero-order chi connectivity index (χ0) is 9.97. The molecule has 0 aliphatic carbocycles. The smallest absolute Gasteiger partial charge is 0.0870 e. The van der Waals surface area contributed by atoms with Crippen molar-refractivity contribution in [3.05, 3.63) is 35.4 Å². The highest BCUT2D eigenvalue weighted by molar-refractivity contribution is 7.80. The number of rotatable bonds is 2. The number of nitrogens with two attached hydrogens (primary N) is 1. The van der Waals surface area contributed by atoms with Gasteiger partial charge in [-0.2, -0.15) is 0 Å². The van der Waals surface area contributed by atoms with E-state index in [1.165, 1.54) is 11.1 Å². The molecule has 0 radical (unpaired) electrons. The van der Waals surface area contributed by atoms with E-state index >= 15 is 0 Å². The molecule has 0 spiro atoms. The van der Waals surface area contributed by atoms with Crippen molar-refractivity contribution < 1.29 is 0 Å². The molecule has 0 aromatic heterocycles. The van der Waals surface area contributed by atoms with Gasteiger partial charge in [0.2, 0.25) is 0 Å². The molecule has 0 amide bonds. The van der Waals surface area contributed by atoms with Crippen molar-refractivity contribution in [1.82, 2.24) is 4.90 Å². The fourth-order valence-corrected chi connectivity index (χ4v) is 2.09. The third-order valence-electron chi connectivity index (χ3n) is 2.59. The van der Waals surface area contributed by atoms with Crippen molar-refractivity contribution in [3.63, 3.8) is 0 Å². The molecule has 1 aliphatic rings. The molecule has 2 N–H and O–H groups in total. The molecule has 0 saturated heterocycles. The van der Waals surface area contributed by atoms with Crippen molar-refractivity contribution in [3.8, 4) is 0 Å². The lowest BCUT2D eigenvalue weighted by Crippen LogP contribution is -2.36. The Bertz CT molecular complexity index is 349. The molecule has 74 valence electrons. The van der Waals surface area contributed by atoms with Gasteiger partial charge in [0.1, 0.15) is 0 Å². The maximum absolute atomic E-state index is 5.53. The number of fused-ring (bicyclic) bond motifs is 1. The van der Waals surface area contributed by atoms with Crippen LogP contribution in [-0.4, -0.2) is 23.0 Å². The van der Waals surface area contributed by atoms with E-state index in [1.54, 1.807) is 0 Å². The summed E-state index contributed by atoms with van der Waals surface area (Å²) in [5.41, 5.74) is 8.41. The van der Waals surface area contributed by atoms with Gasteiger partial charge in [-0.3, -0.25) is 4.90 Å². The Hall–Kier alpha value is -0.930. The number of benzene rings is 1. The molecule has 1 aliphatic heterocycles. The first kappa shape index (κ1) is 9.62. The first-order valence-electron chi connectivity index (χ1n) is 4.83. The average molecular weight is 206 g/mol. The second-order valence-corrected chi connectivity index (χ2v) is 4.22. The summed E-state index contributed by atoms with van der Waals surface area (Å²) < 4.78 is 0. The number of hydrogen-bond acceptors (Lipinski definition) is 2. The molecule has 1 aromatic rings. The Morgan fingerprint density at radius 2 is 2.07 bits per heavy atom. The molecule has 2 nitrogen and oxygen atoms in total. The average Bonchev–Trinajstić information content (AvgIpc) is 2.17. The van der Waals surface area contributed by atoms with Crippen LogP contribution < -0.4 is 5.73 Å². The van der Waals surface area contributed by atoms with Crippen LogP contribution in [0.25, 0.3) is 0 Å². The summed E-state index contributed by atoms with van der Waals surface area (Å²) in [4.78, 5) is 2.88. The lowest BCUT2D eigenvalue weighted by atomic mass is 10.0. The molecule has 0 saturated carbocycles. The molecule has 0 unspecified atom stereocenters. The molecule has 0 atom stereocenters. The van der Waals surface area contributed by atoms with Crippen molar-refractivity contribution in [2.24, 2.45) is 5.73 Å². The zero-order valence-corrected chi connectivity index (χ0v) is 8.89. The fourth-order valence-electron chi connectivity index (χ4n) is 1.91. The monoisotopic (exact) mass is 206 g/mol. The highest BCUT2D eigenvalue weighted by Crippen LogP contribution is 2.17. The SMILES string of the molecule is NC(=S)CN1CCc2ccccc2C1. The predicted molar refractivity (Wildman–Crippen MR) is 62.2 cm³/mol. The van der Waals surface area contributed by atoms with Crippen molar-refractivity contribution in [2.75, 3.05) is 13.1 Å². The Balaban J connectivity index is 2.09. The molecular weight excluding hydrogens is 192 g/mol. The van der Waals surface area contributed by atoms with E-state index in [1.807, 2.05) is 0 Å². The van der Waals surface area contributed by atoms with Gasteiger partial charge in [0.25, 0.3) is 0 Å². The van der Waals surface area contributed by atoms with E-state index in [0.717, 1.165) is 26.1 Å². The minimum absolute atomic E-state index is 0.587. The summed E-state index contributed by atoms with van der Waals surface area (Å²) in [6.07, 6.45) is 1.11. The Morgan fingerprint density at radius 3 is 2.79 bits per heavy atom. The van der Waals surface area contributed by atoms with Gasteiger partial charge >= 0.3 is 0 Å². The van der Waals surface area contributed by atoms with Crippen molar-refractivity contribution in [2.45, 2.75) is 13.0 Å². The predicted octanol–water partition coefficient (Wildman–Crippen LogP) is 1.33. The van der Waals surface area contributed by atoms with Crippen LogP contribution >= 0.6 is 12.2 Å². The number of nitrogens with zero attached hydrogens (tertiary/aromatic N) is 1. The van der Waals surface area contributed by atoms with Crippen LogP contribution in [-0.2, 0) is 13.0 Å². The van der Waals surface area contributed by atoms with Gasteiger partial charge in [-0.15, -0.1) is 0 Å². The molecule has 3 heteroatoms. The maximum atomic E-state index is 5.53. The minimum atomic E-state index is 0.587. The summed E-state index contributed by atoms with van der Waals surface area (Å²) in [6.45, 7) is 2.78. The van der Waals surface area contributed by atoms with Crippen LogP contribution in [0, 0.1) is 0 Å².